The number of carbonyl (C=O) groups is 3. The first kappa shape index (κ1) is 46.1. The van der Waals surface area contributed by atoms with E-state index in [9.17, 15) is 23.3 Å². The Kier molecular flexibility index (Phi) is 20.4. The molecule has 3 rings (SSSR count). The molecule has 0 saturated heterocycles. The maximum atomic E-state index is 14.4. The second kappa shape index (κ2) is 24.4. The zero-order valence-electron chi connectivity index (χ0n) is 33.9. The summed E-state index contributed by atoms with van der Waals surface area (Å²) in [5, 5.41) is 5.42. The van der Waals surface area contributed by atoms with Gasteiger partial charge in [-0.25, -0.2) is 14.0 Å². The molecule has 0 fully saturated rings. The molecule has 12 heteroatoms. The SMILES string of the molecule is CCOP(=O)(OCC)C(F)CCCCCCCCCCCCCCCC(=O)N[C@H](CNC(=O)OCC1c2ccccc2-c2ccccc21)C(=O)OC(C)(C)C. The van der Waals surface area contributed by atoms with E-state index in [-0.39, 0.29) is 51.0 Å². The Bertz CT molecular complexity index is 1460. The highest BCUT2D eigenvalue weighted by atomic mass is 31.2. The molecule has 0 heterocycles. The lowest BCUT2D eigenvalue weighted by molar-refractivity contribution is -0.158. The normalized spacial score (nSPS) is 13.8. The largest absolute Gasteiger partial charge is 0.458 e. The van der Waals surface area contributed by atoms with E-state index in [0.29, 0.717) is 12.8 Å². The van der Waals surface area contributed by atoms with Crippen LogP contribution in [0.5, 0.6) is 0 Å². The summed E-state index contributed by atoms with van der Waals surface area (Å²) < 4.78 is 48.2. The molecule has 0 saturated carbocycles. The van der Waals surface area contributed by atoms with Crippen LogP contribution < -0.4 is 10.6 Å². The van der Waals surface area contributed by atoms with Gasteiger partial charge in [0.25, 0.3) is 0 Å². The number of amides is 2. The van der Waals surface area contributed by atoms with E-state index < -0.39 is 37.2 Å². The molecule has 1 aliphatic rings. The Morgan fingerprint density at radius 2 is 1.22 bits per heavy atom. The molecule has 0 aliphatic heterocycles. The van der Waals surface area contributed by atoms with Gasteiger partial charge in [-0.15, -0.1) is 0 Å². The summed E-state index contributed by atoms with van der Waals surface area (Å²) >= 11 is 0. The Hall–Kier alpha value is -3.27. The number of alkyl halides is 1. The predicted octanol–water partition coefficient (Wildman–Crippen LogP) is 10.8. The van der Waals surface area contributed by atoms with E-state index in [2.05, 4.69) is 22.8 Å². The number of halogens is 1. The molecule has 0 radical (unpaired) electrons. The topological polar surface area (TPSA) is 129 Å². The van der Waals surface area contributed by atoms with Gasteiger partial charge in [0.2, 0.25) is 11.8 Å². The average molecular weight is 789 g/mol. The Labute approximate surface area is 328 Å². The number of hydrogen-bond acceptors (Lipinski definition) is 8. The van der Waals surface area contributed by atoms with E-state index in [1.165, 1.54) is 19.3 Å². The molecule has 0 aromatic heterocycles. The minimum atomic E-state index is -3.65. The zero-order chi connectivity index (χ0) is 40.1. The van der Waals surface area contributed by atoms with Crippen LogP contribution >= 0.6 is 7.60 Å². The summed E-state index contributed by atoms with van der Waals surface area (Å²) in [5.41, 5.74) is 3.72. The molecule has 10 nitrogen and oxygen atoms in total. The van der Waals surface area contributed by atoms with E-state index in [1.807, 2.05) is 36.4 Å². The van der Waals surface area contributed by atoms with Crippen molar-refractivity contribution in [1.29, 1.82) is 0 Å². The molecular weight excluding hydrogens is 722 g/mol. The third-order valence-corrected chi connectivity index (χ3v) is 11.8. The van der Waals surface area contributed by atoms with Crippen molar-refractivity contribution in [2.24, 2.45) is 0 Å². The summed E-state index contributed by atoms with van der Waals surface area (Å²) in [5.74, 6) is -2.52. The van der Waals surface area contributed by atoms with Crippen molar-refractivity contribution in [1.82, 2.24) is 10.6 Å². The van der Waals surface area contributed by atoms with Crippen LogP contribution in [0.25, 0.3) is 11.1 Å². The molecule has 1 unspecified atom stereocenters. The van der Waals surface area contributed by atoms with Gasteiger partial charge in [-0.2, -0.15) is 0 Å². The summed E-state index contributed by atoms with van der Waals surface area (Å²) in [6.45, 7) is 8.99. The number of rotatable bonds is 27. The molecule has 308 valence electrons. The van der Waals surface area contributed by atoms with Gasteiger partial charge < -0.3 is 29.2 Å². The number of esters is 1. The van der Waals surface area contributed by atoms with Crippen molar-refractivity contribution in [2.45, 2.75) is 154 Å². The molecule has 55 heavy (non-hydrogen) atoms. The fraction of sp³-hybridized carbons (Fsp3) is 0.651. The number of unbranched alkanes of at least 4 members (excludes halogenated alkanes) is 12. The first-order valence-electron chi connectivity index (χ1n) is 20.5. The molecule has 2 aromatic carbocycles. The van der Waals surface area contributed by atoms with Gasteiger partial charge in [0.05, 0.1) is 19.8 Å². The van der Waals surface area contributed by atoms with E-state index in [1.54, 1.807) is 34.6 Å². The van der Waals surface area contributed by atoms with Crippen molar-refractivity contribution in [3.63, 3.8) is 0 Å². The van der Waals surface area contributed by atoms with Crippen molar-refractivity contribution in [3.05, 3.63) is 59.7 Å². The van der Waals surface area contributed by atoms with Crippen LogP contribution in [0, 0.1) is 0 Å². The van der Waals surface area contributed by atoms with Crippen LogP contribution in [0.4, 0.5) is 9.18 Å². The van der Waals surface area contributed by atoms with Gasteiger partial charge in [-0.1, -0.05) is 119 Å². The Morgan fingerprint density at radius 3 is 1.71 bits per heavy atom. The molecule has 1 aliphatic carbocycles. The standard InChI is InChI=1S/C43H66FN2O8P/c1-6-52-55(50,53-7-2)39(44)29-19-17-15-13-11-9-8-10-12-14-16-18-20-30-40(47)46-38(41(48)54-43(3,4)5)31-45-42(49)51-32-37-35-27-23-21-25-33(35)34-26-22-24-28-36(34)37/h21-28,37-39H,6-20,29-32H2,1-5H3,(H,45,49)(H,46,47)/t38-,39?/m1/s1. The first-order chi connectivity index (χ1) is 26.4. The highest BCUT2D eigenvalue weighted by Gasteiger charge is 2.35. The van der Waals surface area contributed by atoms with E-state index in [0.717, 1.165) is 73.6 Å². The number of ether oxygens (including phenoxy) is 2. The van der Waals surface area contributed by atoms with Crippen LogP contribution in [0.1, 0.15) is 148 Å². The smallest absolute Gasteiger partial charge is 0.407 e. The molecule has 0 spiro atoms. The van der Waals surface area contributed by atoms with E-state index >= 15 is 0 Å². The number of fused-ring (bicyclic) bond motifs is 3. The predicted molar refractivity (Wildman–Crippen MR) is 216 cm³/mol. The second-order valence-corrected chi connectivity index (χ2v) is 17.5. The third-order valence-electron chi connectivity index (χ3n) is 9.63. The minimum absolute atomic E-state index is 0.0889. The summed E-state index contributed by atoms with van der Waals surface area (Å²) in [6.07, 6.45) is 13.3. The monoisotopic (exact) mass is 788 g/mol. The molecule has 2 N–H and O–H groups in total. The van der Waals surface area contributed by atoms with Gasteiger partial charge in [0.1, 0.15) is 18.2 Å². The number of nitrogens with one attached hydrogen (secondary N) is 2. The highest BCUT2D eigenvalue weighted by Crippen LogP contribution is 2.55. The lowest BCUT2D eigenvalue weighted by atomic mass is 9.98. The number of carbonyl (C=O) groups excluding carboxylic acids is 3. The highest BCUT2D eigenvalue weighted by molar-refractivity contribution is 7.54. The quantitative estimate of drug-likeness (QED) is 0.0520. The maximum absolute atomic E-state index is 14.4. The van der Waals surface area contributed by atoms with Crippen LogP contribution in [-0.2, 0) is 32.7 Å². The van der Waals surface area contributed by atoms with Gasteiger partial charge >= 0.3 is 19.7 Å². The van der Waals surface area contributed by atoms with Crippen LogP contribution in [-0.4, -0.2) is 61.9 Å². The lowest BCUT2D eigenvalue weighted by Crippen LogP contribution is -2.50. The fourth-order valence-electron chi connectivity index (χ4n) is 6.93. The number of alkyl carbamates (subject to hydrolysis) is 1. The average Bonchev–Trinajstić information content (AvgIpc) is 3.46. The molecule has 2 aromatic rings. The molecule has 2 amide bonds. The Morgan fingerprint density at radius 1 is 0.745 bits per heavy atom. The third kappa shape index (κ3) is 16.4. The summed E-state index contributed by atoms with van der Waals surface area (Å²) in [4.78, 5) is 38.6. The van der Waals surface area contributed by atoms with Crippen molar-refractivity contribution in [3.8, 4) is 11.1 Å². The zero-order valence-corrected chi connectivity index (χ0v) is 34.8. The van der Waals surface area contributed by atoms with Crippen LogP contribution in [0.15, 0.2) is 48.5 Å². The summed E-state index contributed by atoms with van der Waals surface area (Å²) in [7, 11) is -3.65. The molecular formula is C43H66FN2O8P. The van der Waals surface area contributed by atoms with Crippen molar-refractivity contribution < 1.29 is 41.9 Å². The second-order valence-electron chi connectivity index (χ2n) is 15.3. The lowest BCUT2D eigenvalue weighted by Gasteiger charge is -2.25. The van der Waals surface area contributed by atoms with Gasteiger partial charge in [-0.05, 0) is 76.1 Å². The van der Waals surface area contributed by atoms with Gasteiger partial charge in [0.15, 0.2) is 0 Å². The van der Waals surface area contributed by atoms with Crippen LogP contribution in [0.3, 0.4) is 0 Å². The first-order valence-corrected chi connectivity index (χ1v) is 22.1. The Balaban J connectivity index is 1.26. The maximum Gasteiger partial charge on any atom is 0.407 e. The number of hydrogen-bond donors (Lipinski definition) is 2. The summed E-state index contributed by atoms with van der Waals surface area (Å²) in [6, 6.07) is 15.2. The van der Waals surface area contributed by atoms with Crippen molar-refractivity contribution in [2.75, 3.05) is 26.4 Å². The molecule has 2 atom stereocenters. The minimum Gasteiger partial charge on any atom is -0.458 e. The van der Waals surface area contributed by atoms with Crippen LogP contribution in [0.2, 0.25) is 0 Å². The van der Waals surface area contributed by atoms with Gasteiger partial charge in [0, 0.05) is 12.3 Å². The fourth-order valence-corrected chi connectivity index (χ4v) is 8.54. The van der Waals surface area contributed by atoms with E-state index in [4.69, 9.17) is 18.5 Å². The van der Waals surface area contributed by atoms with Gasteiger partial charge in [-0.3, -0.25) is 9.36 Å². The molecule has 0 bridgehead atoms. The van der Waals surface area contributed by atoms with Crippen molar-refractivity contribution >= 4 is 25.6 Å². The number of benzene rings is 2.